The smallest absolute Gasteiger partial charge is 0.0230 e. The molecule has 0 radical (unpaired) electrons. The van der Waals surface area contributed by atoms with E-state index in [0.717, 1.165) is 0 Å². The van der Waals surface area contributed by atoms with Crippen molar-refractivity contribution < 1.29 is 0 Å². The summed E-state index contributed by atoms with van der Waals surface area (Å²) >= 11 is 0. The zero-order chi connectivity index (χ0) is 8.97. The molecule has 0 aliphatic carbocycles. The maximum Gasteiger partial charge on any atom is 0.0230 e. The van der Waals surface area contributed by atoms with E-state index in [1.165, 1.54) is 5.56 Å². The summed E-state index contributed by atoms with van der Waals surface area (Å²) in [5.74, 6) is 0.344. The van der Waals surface area contributed by atoms with E-state index in [9.17, 15) is 0 Å². The topological polar surface area (TPSA) is 52.0 Å². The van der Waals surface area contributed by atoms with Gasteiger partial charge in [-0.3, -0.25) is 0 Å². The first-order valence-corrected chi connectivity index (χ1v) is 4.26. The Hall–Kier alpha value is -0.860. The molecule has 2 atom stereocenters. The summed E-state index contributed by atoms with van der Waals surface area (Å²) in [7, 11) is 0. The van der Waals surface area contributed by atoms with Crippen LogP contribution in [0.5, 0.6) is 0 Å². The molecule has 0 unspecified atom stereocenters. The molecular formula is C10H16N2. The number of hydrogen-bond donors (Lipinski definition) is 2. The van der Waals surface area contributed by atoms with Crippen molar-refractivity contribution in [3.63, 3.8) is 0 Å². The van der Waals surface area contributed by atoms with Crippen LogP contribution in [-0.4, -0.2) is 12.6 Å². The van der Waals surface area contributed by atoms with Crippen molar-refractivity contribution in [2.24, 2.45) is 11.5 Å². The van der Waals surface area contributed by atoms with Gasteiger partial charge in [0.25, 0.3) is 0 Å². The molecule has 1 rings (SSSR count). The first-order chi connectivity index (χ1) is 5.75. The molecule has 0 spiro atoms. The second-order valence-corrected chi connectivity index (χ2v) is 3.10. The number of nitrogens with two attached hydrogens (primary N) is 2. The van der Waals surface area contributed by atoms with Crippen LogP contribution in [0.15, 0.2) is 30.3 Å². The van der Waals surface area contributed by atoms with Crippen molar-refractivity contribution >= 4 is 0 Å². The minimum absolute atomic E-state index is 0.0624. The van der Waals surface area contributed by atoms with Gasteiger partial charge >= 0.3 is 0 Å². The van der Waals surface area contributed by atoms with E-state index < -0.39 is 0 Å². The van der Waals surface area contributed by atoms with Crippen LogP contribution in [-0.2, 0) is 0 Å². The Morgan fingerprint density at radius 1 is 1.25 bits per heavy atom. The quantitative estimate of drug-likeness (QED) is 0.702. The largest absolute Gasteiger partial charge is 0.329 e. The van der Waals surface area contributed by atoms with Crippen LogP contribution in [0.25, 0.3) is 0 Å². The highest BCUT2D eigenvalue weighted by Crippen LogP contribution is 2.16. The second-order valence-electron chi connectivity index (χ2n) is 3.10. The van der Waals surface area contributed by atoms with Crippen LogP contribution in [0, 0.1) is 0 Å². The third-order valence-corrected chi connectivity index (χ3v) is 2.24. The lowest BCUT2D eigenvalue weighted by atomic mass is 9.94. The van der Waals surface area contributed by atoms with Gasteiger partial charge in [-0.15, -0.1) is 0 Å². The lowest BCUT2D eigenvalue weighted by Gasteiger charge is -2.18. The van der Waals surface area contributed by atoms with E-state index in [1.54, 1.807) is 0 Å². The average Bonchev–Trinajstić information content (AvgIpc) is 2.17. The molecule has 0 saturated heterocycles. The second kappa shape index (κ2) is 4.24. The normalized spacial score (nSPS) is 15.6. The molecule has 0 amide bonds. The van der Waals surface area contributed by atoms with Crippen LogP contribution >= 0.6 is 0 Å². The molecule has 0 aliphatic heterocycles. The van der Waals surface area contributed by atoms with E-state index in [0.29, 0.717) is 12.5 Å². The lowest BCUT2D eigenvalue weighted by molar-refractivity contribution is 0.576. The molecule has 2 heteroatoms. The van der Waals surface area contributed by atoms with Crippen molar-refractivity contribution in [3.05, 3.63) is 35.9 Å². The van der Waals surface area contributed by atoms with Crippen molar-refractivity contribution in [1.29, 1.82) is 0 Å². The Balaban J connectivity index is 2.71. The summed E-state index contributed by atoms with van der Waals surface area (Å²) in [5, 5.41) is 0. The summed E-state index contributed by atoms with van der Waals surface area (Å²) < 4.78 is 0. The molecule has 66 valence electrons. The fraction of sp³-hybridized carbons (Fsp3) is 0.400. The minimum atomic E-state index is 0.0624. The van der Waals surface area contributed by atoms with Crippen LogP contribution in [0.1, 0.15) is 18.4 Å². The van der Waals surface area contributed by atoms with E-state index in [1.807, 2.05) is 18.2 Å². The van der Waals surface area contributed by atoms with Gasteiger partial charge in [0, 0.05) is 12.6 Å². The molecule has 2 nitrogen and oxygen atoms in total. The highest BCUT2D eigenvalue weighted by molar-refractivity contribution is 5.20. The van der Waals surface area contributed by atoms with E-state index in [2.05, 4.69) is 19.1 Å². The Morgan fingerprint density at radius 3 is 2.33 bits per heavy atom. The van der Waals surface area contributed by atoms with E-state index in [-0.39, 0.29) is 6.04 Å². The van der Waals surface area contributed by atoms with Crippen LogP contribution in [0.3, 0.4) is 0 Å². The summed E-state index contributed by atoms with van der Waals surface area (Å²) in [6, 6.07) is 10.3. The standard InChI is InChI=1S/C10H16N2/c1-8(10(12)7-11)9-5-3-2-4-6-9/h2-6,8,10H,7,11-12H2,1H3/t8-,10+/m0/s1. The predicted molar refractivity (Wildman–Crippen MR) is 51.9 cm³/mol. The van der Waals surface area contributed by atoms with Crippen LogP contribution in [0.2, 0.25) is 0 Å². The zero-order valence-corrected chi connectivity index (χ0v) is 7.40. The van der Waals surface area contributed by atoms with Gasteiger partial charge in [-0.1, -0.05) is 37.3 Å². The fourth-order valence-electron chi connectivity index (χ4n) is 1.21. The molecule has 0 fully saturated rings. The Kier molecular flexibility index (Phi) is 3.26. The first kappa shape index (κ1) is 9.23. The highest BCUT2D eigenvalue weighted by Gasteiger charge is 2.11. The van der Waals surface area contributed by atoms with Gasteiger partial charge in [0.05, 0.1) is 0 Å². The molecule has 1 aromatic rings. The highest BCUT2D eigenvalue weighted by atomic mass is 14.7. The lowest BCUT2D eigenvalue weighted by Crippen LogP contribution is -2.34. The molecule has 1 aromatic carbocycles. The third kappa shape index (κ3) is 2.06. The summed E-state index contributed by atoms with van der Waals surface area (Å²) in [6.45, 7) is 2.64. The molecule has 0 aliphatic rings. The maximum atomic E-state index is 5.82. The predicted octanol–water partition coefficient (Wildman–Crippen LogP) is 1.08. The molecule has 0 aromatic heterocycles. The van der Waals surface area contributed by atoms with Gasteiger partial charge in [-0.25, -0.2) is 0 Å². The van der Waals surface area contributed by atoms with Gasteiger partial charge in [-0.05, 0) is 11.5 Å². The van der Waals surface area contributed by atoms with Gasteiger partial charge in [-0.2, -0.15) is 0 Å². The molecule has 0 saturated carbocycles. The van der Waals surface area contributed by atoms with Gasteiger partial charge in [0.15, 0.2) is 0 Å². The number of hydrogen-bond acceptors (Lipinski definition) is 2. The van der Waals surface area contributed by atoms with Gasteiger partial charge in [0.1, 0.15) is 0 Å². The monoisotopic (exact) mass is 164 g/mol. The zero-order valence-electron chi connectivity index (χ0n) is 7.40. The summed E-state index contributed by atoms with van der Waals surface area (Å²) in [6.07, 6.45) is 0. The van der Waals surface area contributed by atoms with E-state index in [4.69, 9.17) is 11.5 Å². The first-order valence-electron chi connectivity index (χ1n) is 4.26. The minimum Gasteiger partial charge on any atom is -0.329 e. The third-order valence-electron chi connectivity index (χ3n) is 2.24. The van der Waals surface area contributed by atoms with Crippen molar-refractivity contribution in [1.82, 2.24) is 0 Å². The number of rotatable bonds is 3. The molecule has 12 heavy (non-hydrogen) atoms. The van der Waals surface area contributed by atoms with Crippen molar-refractivity contribution in [2.75, 3.05) is 6.54 Å². The fourth-order valence-corrected chi connectivity index (χ4v) is 1.21. The van der Waals surface area contributed by atoms with Crippen molar-refractivity contribution in [2.45, 2.75) is 18.9 Å². The van der Waals surface area contributed by atoms with Crippen LogP contribution in [0.4, 0.5) is 0 Å². The van der Waals surface area contributed by atoms with Crippen molar-refractivity contribution in [3.8, 4) is 0 Å². The average molecular weight is 164 g/mol. The Morgan fingerprint density at radius 2 is 1.83 bits per heavy atom. The Labute approximate surface area is 73.6 Å². The maximum absolute atomic E-state index is 5.82. The molecule has 0 heterocycles. The SMILES string of the molecule is C[C@@H](c1ccccc1)[C@H](N)CN. The molecule has 0 bridgehead atoms. The van der Waals surface area contributed by atoms with Gasteiger partial charge in [0.2, 0.25) is 0 Å². The van der Waals surface area contributed by atoms with Crippen LogP contribution < -0.4 is 11.5 Å². The Bertz CT molecular complexity index is 221. The molecule has 4 N–H and O–H groups in total. The van der Waals surface area contributed by atoms with Gasteiger partial charge < -0.3 is 11.5 Å². The van der Waals surface area contributed by atoms with E-state index >= 15 is 0 Å². The molecular weight excluding hydrogens is 148 g/mol. The summed E-state index contributed by atoms with van der Waals surface area (Å²) in [4.78, 5) is 0. The number of benzene rings is 1. The summed E-state index contributed by atoms with van der Waals surface area (Å²) in [5.41, 5.74) is 12.6.